The van der Waals surface area contributed by atoms with Crippen molar-refractivity contribution in [2.75, 3.05) is 23.3 Å². The molecule has 10 heteroatoms. The van der Waals surface area contributed by atoms with Crippen LogP contribution >= 0.6 is 11.6 Å². The number of rotatable bonds is 6. The molecule has 1 aliphatic rings. The van der Waals surface area contributed by atoms with E-state index in [2.05, 4.69) is 21.7 Å². The zero-order valence-corrected chi connectivity index (χ0v) is 19.6. The Labute approximate surface area is 201 Å². The van der Waals surface area contributed by atoms with Crippen LogP contribution in [-0.4, -0.2) is 35.9 Å². The average molecular weight is 482 g/mol. The van der Waals surface area contributed by atoms with Crippen LogP contribution in [0, 0.1) is 17.2 Å². The first-order chi connectivity index (χ1) is 16.4. The van der Waals surface area contributed by atoms with E-state index in [4.69, 9.17) is 20.4 Å². The summed E-state index contributed by atoms with van der Waals surface area (Å²) in [5, 5.41) is 15.6. The summed E-state index contributed by atoms with van der Waals surface area (Å²) >= 11 is 6.11. The lowest BCUT2D eigenvalue weighted by Crippen LogP contribution is -2.38. The number of aromatic nitrogens is 1. The summed E-state index contributed by atoms with van der Waals surface area (Å²) in [6.45, 7) is 4.75. The molecule has 4 rings (SSSR count). The van der Waals surface area contributed by atoms with Gasteiger partial charge in [0, 0.05) is 30.1 Å². The Balaban J connectivity index is 1.43. The first-order valence-electron chi connectivity index (χ1n) is 11.0. The highest BCUT2D eigenvalue weighted by Crippen LogP contribution is 2.32. The molecule has 2 aromatic heterocycles. The summed E-state index contributed by atoms with van der Waals surface area (Å²) in [6.07, 6.45) is 2.59. The third-order valence-electron chi connectivity index (χ3n) is 5.50. The zero-order chi connectivity index (χ0) is 24.2. The molecule has 1 aromatic carbocycles. The first-order valence-corrected chi connectivity index (χ1v) is 11.3. The Morgan fingerprint density at radius 1 is 1.26 bits per heavy atom. The van der Waals surface area contributed by atoms with Gasteiger partial charge in [0.05, 0.1) is 17.5 Å². The van der Waals surface area contributed by atoms with Crippen LogP contribution in [0.15, 0.2) is 45.4 Å². The predicted molar refractivity (Wildman–Crippen MR) is 127 cm³/mol. The smallest absolute Gasteiger partial charge is 0.266 e. The van der Waals surface area contributed by atoms with Gasteiger partial charge in [0.25, 0.3) is 11.8 Å². The fourth-order valence-electron chi connectivity index (χ4n) is 3.84. The van der Waals surface area contributed by atoms with Crippen LogP contribution in [0.5, 0.6) is 0 Å². The summed E-state index contributed by atoms with van der Waals surface area (Å²) < 4.78 is 11.1. The van der Waals surface area contributed by atoms with Gasteiger partial charge in [-0.1, -0.05) is 11.6 Å². The lowest BCUT2D eigenvalue weighted by Gasteiger charge is -2.31. The molecule has 0 aliphatic carbocycles. The van der Waals surface area contributed by atoms with Crippen molar-refractivity contribution in [2.45, 2.75) is 32.7 Å². The van der Waals surface area contributed by atoms with Gasteiger partial charge < -0.3 is 24.4 Å². The molecule has 3 heterocycles. The van der Waals surface area contributed by atoms with Crippen molar-refractivity contribution in [3.8, 4) is 17.7 Å². The minimum atomic E-state index is -0.279. The largest absolute Gasteiger partial charge is 0.459 e. The van der Waals surface area contributed by atoms with Crippen LogP contribution in [-0.2, 0) is 4.79 Å². The fourth-order valence-corrected chi connectivity index (χ4v) is 4.01. The molecule has 0 radical (unpaired) electrons. The third-order valence-corrected chi connectivity index (χ3v) is 5.74. The topological polar surface area (TPSA) is 124 Å². The number of oxazole rings is 1. The number of furan rings is 1. The van der Waals surface area contributed by atoms with Gasteiger partial charge in [-0.05, 0) is 57.0 Å². The summed E-state index contributed by atoms with van der Waals surface area (Å²) in [5.74, 6) is 0.318. The molecule has 0 unspecified atom stereocenters. The van der Waals surface area contributed by atoms with Gasteiger partial charge in [-0.3, -0.25) is 9.59 Å². The van der Waals surface area contributed by atoms with E-state index in [0.29, 0.717) is 53.8 Å². The molecule has 3 aromatic rings. The van der Waals surface area contributed by atoms with Crippen LogP contribution in [0.4, 0.5) is 11.6 Å². The molecule has 1 aliphatic heterocycles. The van der Waals surface area contributed by atoms with Crippen molar-refractivity contribution < 1.29 is 18.4 Å². The van der Waals surface area contributed by atoms with E-state index in [-0.39, 0.29) is 35.4 Å². The number of nitrogens with one attached hydrogen (secondary N) is 2. The van der Waals surface area contributed by atoms with E-state index < -0.39 is 0 Å². The molecule has 0 saturated carbocycles. The van der Waals surface area contributed by atoms with E-state index in [1.807, 2.05) is 18.7 Å². The molecular weight excluding hydrogens is 458 g/mol. The van der Waals surface area contributed by atoms with Gasteiger partial charge in [0.15, 0.2) is 5.76 Å². The maximum absolute atomic E-state index is 13.0. The first kappa shape index (κ1) is 23.4. The molecule has 2 amide bonds. The molecule has 9 nitrogen and oxygen atoms in total. The Bertz CT molecular complexity index is 1220. The second kappa shape index (κ2) is 10.0. The zero-order valence-electron chi connectivity index (χ0n) is 18.8. The van der Waals surface area contributed by atoms with Gasteiger partial charge in [0.2, 0.25) is 17.5 Å². The van der Waals surface area contributed by atoms with Crippen molar-refractivity contribution in [1.82, 2.24) is 10.3 Å². The molecule has 34 heavy (non-hydrogen) atoms. The van der Waals surface area contributed by atoms with Gasteiger partial charge in [-0.25, -0.2) is 0 Å². The number of hydrogen-bond donors (Lipinski definition) is 2. The monoisotopic (exact) mass is 481 g/mol. The molecule has 176 valence electrons. The Morgan fingerprint density at radius 2 is 2.03 bits per heavy atom. The number of amides is 2. The average Bonchev–Trinajstić information content (AvgIpc) is 3.48. The van der Waals surface area contributed by atoms with Crippen LogP contribution < -0.4 is 15.5 Å². The number of halogens is 1. The van der Waals surface area contributed by atoms with Crippen molar-refractivity contribution in [1.29, 1.82) is 5.26 Å². The lowest BCUT2D eigenvalue weighted by molar-refractivity contribution is -0.120. The number of carbonyl (C=O) groups excluding carboxylic acids is 2. The van der Waals surface area contributed by atoms with Crippen LogP contribution in [0.3, 0.4) is 0 Å². The summed E-state index contributed by atoms with van der Waals surface area (Å²) in [7, 11) is 0. The Hall–Kier alpha value is -3.77. The third kappa shape index (κ3) is 5.07. The quantitative estimate of drug-likeness (QED) is 0.532. The number of nitrogens with zero attached hydrogens (tertiary/aromatic N) is 3. The second-order valence-corrected chi connectivity index (χ2v) is 8.77. The molecule has 0 bridgehead atoms. The van der Waals surface area contributed by atoms with Gasteiger partial charge in [0.1, 0.15) is 6.07 Å². The molecule has 1 saturated heterocycles. The summed E-state index contributed by atoms with van der Waals surface area (Å²) in [5.41, 5.74) is 0.909. The number of carbonyl (C=O) groups is 2. The number of hydrogen-bond acceptors (Lipinski definition) is 7. The maximum Gasteiger partial charge on any atom is 0.266 e. The molecule has 0 atom stereocenters. The number of benzene rings is 1. The summed E-state index contributed by atoms with van der Waals surface area (Å²) in [4.78, 5) is 31.7. The highest BCUT2D eigenvalue weighted by Gasteiger charge is 2.30. The summed E-state index contributed by atoms with van der Waals surface area (Å²) in [6, 6.07) is 10.2. The van der Waals surface area contributed by atoms with Crippen molar-refractivity contribution in [3.05, 3.63) is 52.9 Å². The van der Waals surface area contributed by atoms with Gasteiger partial charge >= 0.3 is 0 Å². The van der Waals surface area contributed by atoms with Gasteiger partial charge in [-0.2, -0.15) is 10.2 Å². The normalized spacial score (nSPS) is 14.1. The van der Waals surface area contributed by atoms with Crippen LogP contribution in [0.1, 0.15) is 42.7 Å². The van der Waals surface area contributed by atoms with Crippen molar-refractivity contribution >= 4 is 35.0 Å². The van der Waals surface area contributed by atoms with Crippen LogP contribution in [0.25, 0.3) is 11.7 Å². The van der Waals surface area contributed by atoms with E-state index in [9.17, 15) is 14.9 Å². The molecule has 0 spiro atoms. The second-order valence-electron chi connectivity index (χ2n) is 8.33. The number of piperidine rings is 1. The predicted octanol–water partition coefficient (Wildman–Crippen LogP) is 4.45. The fraction of sp³-hybridized carbons (Fsp3) is 0.333. The number of nitriles is 1. The molecular formula is C24H24ClN5O4. The van der Waals surface area contributed by atoms with E-state index in [0.717, 1.165) is 0 Å². The Kier molecular flexibility index (Phi) is 6.89. The molecule has 1 fully saturated rings. The van der Waals surface area contributed by atoms with E-state index >= 15 is 0 Å². The van der Waals surface area contributed by atoms with E-state index in [1.165, 1.54) is 6.26 Å². The van der Waals surface area contributed by atoms with Crippen molar-refractivity contribution in [2.24, 2.45) is 5.92 Å². The minimum absolute atomic E-state index is 0.0428. The Morgan fingerprint density at radius 3 is 2.68 bits per heavy atom. The SMILES string of the molecule is CC(C)NC(=O)c1ccc(Cl)cc1NC(=O)C1CCN(c2oc(-c3ccco3)nc2C#N)CC1. The maximum atomic E-state index is 13.0. The highest BCUT2D eigenvalue weighted by atomic mass is 35.5. The standard InChI is InChI=1S/C24H24ClN5O4/c1-14(2)27-22(32)17-6-5-16(25)12-18(17)28-21(31)15-7-9-30(10-8-15)24-19(13-26)29-23(34-24)20-4-3-11-33-20/h3-6,11-12,14-15H,7-10H2,1-2H3,(H,27,32)(H,28,31). The minimum Gasteiger partial charge on any atom is -0.459 e. The lowest BCUT2D eigenvalue weighted by atomic mass is 9.95. The highest BCUT2D eigenvalue weighted by molar-refractivity contribution is 6.31. The number of anilines is 2. The van der Waals surface area contributed by atoms with Crippen LogP contribution in [0.2, 0.25) is 5.02 Å². The van der Waals surface area contributed by atoms with Gasteiger partial charge in [-0.15, -0.1) is 0 Å². The molecule has 2 N–H and O–H groups in total. The van der Waals surface area contributed by atoms with E-state index in [1.54, 1.807) is 30.3 Å². The van der Waals surface area contributed by atoms with Crippen molar-refractivity contribution in [3.63, 3.8) is 0 Å².